The Morgan fingerprint density at radius 1 is 1.17 bits per heavy atom. The number of hydrogen-bond acceptors (Lipinski definition) is 6. The SMILES string of the molecule is CCc1nnc2sc(-c3cccc(NC(=O)c4ccc(OCC(C)C)cc4)c3)nn12. The molecule has 2 heterocycles. The molecule has 0 bridgehead atoms. The summed E-state index contributed by atoms with van der Waals surface area (Å²) in [7, 11) is 0. The number of amides is 1. The lowest BCUT2D eigenvalue weighted by atomic mass is 10.1. The van der Waals surface area contributed by atoms with Gasteiger partial charge in [0.05, 0.1) is 6.61 Å². The Morgan fingerprint density at radius 3 is 2.70 bits per heavy atom. The summed E-state index contributed by atoms with van der Waals surface area (Å²) >= 11 is 1.47. The van der Waals surface area contributed by atoms with Crippen molar-refractivity contribution < 1.29 is 9.53 Å². The van der Waals surface area contributed by atoms with Gasteiger partial charge >= 0.3 is 0 Å². The molecule has 8 heteroatoms. The summed E-state index contributed by atoms with van der Waals surface area (Å²) < 4.78 is 7.44. The fourth-order valence-electron chi connectivity index (χ4n) is 2.89. The Balaban J connectivity index is 1.48. The molecule has 0 aliphatic heterocycles. The quantitative estimate of drug-likeness (QED) is 0.468. The number of nitrogens with one attached hydrogen (secondary N) is 1. The summed E-state index contributed by atoms with van der Waals surface area (Å²) in [5, 5.41) is 16.7. The van der Waals surface area contributed by atoms with Crippen LogP contribution in [-0.4, -0.2) is 32.3 Å². The molecule has 0 saturated carbocycles. The highest BCUT2D eigenvalue weighted by Crippen LogP contribution is 2.27. The molecule has 7 nitrogen and oxygen atoms in total. The molecule has 0 saturated heterocycles. The fourth-order valence-corrected chi connectivity index (χ4v) is 3.75. The van der Waals surface area contributed by atoms with Crippen LogP contribution in [0.2, 0.25) is 0 Å². The number of hydrogen-bond donors (Lipinski definition) is 1. The lowest BCUT2D eigenvalue weighted by Crippen LogP contribution is -2.12. The summed E-state index contributed by atoms with van der Waals surface area (Å²) in [6, 6.07) is 14.8. The molecule has 30 heavy (non-hydrogen) atoms. The average Bonchev–Trinajstić information content (AvgIpc) is 3.33. The summed E-state index contributed by atoms with van der Waals surface area (Å²) in [4.78, 5) is 13.4. The van der Waals surface area contributed by atoms with E-state index in [-0.39, 0.29) is 5.91 Å². The van der Waals surface area contributed by atoms with Crippen molar-refractivity contribution in [2.45, 2.75) is 27.2 Å². The highest BCUT2D eigenvalue weighted by atomic mass is 32.1. The third-order valence-electron chi connectivity index (χ3n) is 4.44. The van der Waals surface area contributed by atoms with Gasteiger partial charge in [-0.25, -0.2) is 0 Å². The molecule has 4 aromatic rings. The summed E-state index contributed by atoms with van der Waals surface area (Å²) in [5.74, 6) is 1.87. The highest BCUT2D eigenvalue weighted by molar-refractivity contribution is 7.19. The van der Waals surface area contributed by atoms with E-state index in [1.165, 1.54) is 11.3 Å². The molecule has 0 radical (unpaired) electrons. The van der Waals surface area contributed by atoms with Gasteiger partial charge < -0.3 is 10.1 Å². The Bertz CT molecular complexity index is 1160. The lowest BCUT2D eigenvalue weighted by Gasteiger charge is -2.10. The number of aryl methyl sites for hydroxylation is 1. The number of carbonyl (C=O) groups excluding carboxylic acids is 1. The minimum Gasteiger partial charge on any atom is -0.493 e. The molecule has 2 aromatic carbocycles. The van der Waals surface area contributed by atoms with E-state index in [1.54, 1.807) is 16.6 Å². The molecule has 4 rings (SSSR count). The third kappa shape index (κ3) is 4.33. The Hall–Kier alpha value is -3.26. The number of aromatic nitrogens is 4. The second-order valence-corrected chi connectivity index (χ2v) is 8.29. The number of rotatable bonds is 7. The van der Waals surface area contributed by atoms with Gasteiger partial charge in [-0.1, -0.05) is 44.2 Å². The maximum atomic E-state index is 12.6. The topological polar surface area (TPSA) is 81.4 Å². The van der Waals surface area contributed by atoms with Gasteiger partial charge in [-0.3, -0.25) is 4.79 Å². The van der Waals surface area contributed by atoms with Gasteiger partial charge in [0.2, 0.25) is 4.96 Å². The van der Waals surface area contributed by atoms with Gasteiger partial charge in [0.25, 0.3) is 5.91 Å². The van der Waals surface area contributed by atoms with Gasteiger partial charge in [0.1, 0.15) is 10.8 Å². The first kappa shape index (κ1) is 20.0. The van der Waals surface area contributed by atoms with Gasteiger partial charge in [-0.15, -0.1) is 10.2 Å². The fraction of sp³-hybridized carbons (Fsp3) is 0.273. The van der Waals surface area contributed by atoms with Gasteiger partial charge in [-0.2, -0.15) is 9.61 Å². The molecule has 0 spiro atoms. The van der Waals surface area contributed by atoms with E-state index in [0.717, 1.165) is 33.5 Å². The van der Waals surface area contributed by atoms with Crippen LogP contribution in [0, 0.1) is 5.92 Å². The normalized spacial score (nSPS) is 11.2. The first-order valence-electron chi connectivity index (χ1n) is 9.89. The predicted molar refractivity (Wildman–Crippen MR) is 118 cm³/mol. The molecule has 1 N–H and O–H groups in total. The van der Waals surface area contributed by atoms with Crippen molar-refractivity contribution in [1.29, 1.82) is 0 Å². The van der Waals surface area contributed by atoms with Crippen molar-refractivity contribution in [1.82, 2.24) is 19.8 Å². The number of ether oxygens (including phenoxy) is 1. The first-order chi connectivity index (χ1) is 14.5. The van der Waals surface area contributed by atoms with E-state index in [0.29, 0.717) is 23.8 Å². The van der Waals surface area contributed by atoms with Gasteiger partial charge in [0.15, 0.2) is 5.82 Å². The van der Waals surface area contributed by atoms with E-state index in [9.17, 15) is 4.79 Å². The molecule has 0 fully saturated rings. The molecule has 0 unspecified atom stereocenters. The van der Waals surface area contributed by atoms with Crippen LogP contribution in [0.15, 0.2) is 48.5 Å². The van der Waals surface area contributed by atoms with E-state index in [2.05, 4.69) is 34.5 Å². The number of carbonyl (C=O) groups is 1. The van der Waals surface area contributed by atoms with Crippen LogP contribution in [0.3, 0.4) is 0 Å². The number of nitrogens with zero attached hydrogens (tertiary/aromatic N) is 4. The predicted octanol–water partition coefficient (Wildman–Crippen LogP) is 4.70. The van der Waals surface area contributed by atoms with Crippen LogP contribution in [0.25, 0.3) is 15.5 Å². The van der Waals surface area contributed by atoms with Crippen molar-refractivity contribution in [3.63, 3.8) is 0 Å². The van der Waals surface area contributed by atoms with Gasteiger partial charge in [-0.05, 0) is 42.3 Å². The second-order valence-electron chi connectivity index (χ2n) is 7.34. The largest absolute Gasteiger partial charge is 0.493 e. The zero-order valence-electron chi connectivity index (χ0n) is 17.1. The monoisotopic (exact) mass is 421 g/mol. The summed E-state index contributed by atoms with van der Waals surface area (Å²) in [6.45, 7) is 6.86. The molecule has 0 atom stereocenters. The summed E-state index contributed by atoms with van der Waals surface area (Å²) in [6.07, 6.45) is 0.766. The number of benzene rings is 2. The van der Waals surface area contributed by atoms with Crippen LogP contribution < -0.4 is 10.1 Å². The second kappa shape index (κ2) is 8.62. The Kier molecular flexibility index (Phi) is 5.76. The van der Waals surface area contributed by atoms with E-state index < -0.39 is 0 Å². The number of anilines is 1. The van der Waals surface area contributed by atoms with E-state index in [4.69, 9.17) is 4.74 Å². The maximum Gasteiger partial charge on any atom is 0.255 e. The summed E-state index contributed by atoms with van der Waals surface area (Å²) in [5.41, 5.74) is 2.20. The van der Waals surface area contributed by atoms with E-state index in [1.807, 2.05) is 43.3 Å². The van der Waals surface area contributed by atoms with Crippen LogP contribution in [-0.2, 0) is 6.42 Å². The van der Waals surface area contributed by atoms with Gasteiger partial charge in [0, 0.05) is 23.2 Å². The van der Waals surface area contributed by atoms with Crippen LogP contribution in [0.4, 0.5) is 5.69 Å². The lowest BCUT2D eigenvalue weighted by molar-refractivity contribution is 0.102. The molecular formula is C22H23N5O2S. The zero-order chi connectivity index (χ0) is 21.1. The molecular weight excluding hydrogens is 398 g/mol. The van der Waals surface area contributed by atoms with E-state index >= 15 is 0 Å². The molecule has 0 aliphatic carbocycles. The molecule has 1 amide bonds. The first-order valence-corrected chi connectivity index (χ1v) is 10.7. The average molecular weight is 422 g/mol. The van der Waals surface area contributed by atoms with Crippen LogP contribution in [0.1, 0.15) is 37.0 Å². The minimum atomic E-state index is -0.172. The maximum absolute atomic E-state index is 12.6. The Morgan fingerprint density at radius 2 is 1.97 bits per heavy atom. The van der Waals surface area contributed by atoms with Crippen molar-refractivity contribution in [3.05, 3.63) is 59.9 Å². The smallest absolute Gasteiger partial charge is 0.255 e. The molecule has 154 valence electrons. The van der Waals surface area contributed by atoms with Crippen molar-refractivity contribution >= 4 is 27.9 Å². The highest BCUT2D eigenvalue weighted by Gasteiger charge is 2.13. The molecule has 0 aliphatic rings. The zero-order valence-corrected chi connectivity index (χ0v) is 17.9. The number of fused-ring (bicyclic) bond motifs is 1. The molecule has 2 aromatic heterocycles. The minimum absolute atomic E-state index is 0.172. The van der Waals surface area contributed by atoms with Crippen molar-refractivity contribution in [2.24, 2.45) is 5.92 Å². The van der Waals surface area contributed by atoms with Crippen molar-refractivity contribution in [2.75, 3.05) is 11.9 Å². The third-order valence-corrected chi connectivity index (χ3v) is 5.39. The Labute approximate surface area is 178 Å². The standard InChI is InChI=1S/C22H23N5O2S/c1-4-19-24-25-22-27(19)26-21(30-22)16-6-5-7-17(12-16)23-20(28)15-8-10-18(11-9-15)29-13-14(2)3/h5-12,14H,4,13H2,1-3H3,(H,23,28). The van der Waals surface area contributed by atoms with Crippen LogP contribution in [0.5, 0.6) is 5.75 Å². The van der Waals surface area contributed by atoms with Crippen molar-refractivity contribution in [3.8, 4) is 16.3 Å². The van der Waals surface area contributed by atoms with Crippen LogP contribution >= 0.6 is 11.3 Å².